The maximum absolute atomic E-state index is 11.8. The molecule has 1 aromatic carbocycles. The third-order valence-electron chi connectivity index (χ3n) is 3.31. The Balaban J connectivity index is 2.24. The molecule has 6 heteroatoms. The molecule has 0 radical (unpaired) electrons. The van der Waals surface area contributed by atoms with Crippen molar-refractivity contribution < 1.29 is 14.3 Å². The highest BCUT2D eigenvalue weighted by Gasteiger charge is 2.17. The Kier molecular flexibility index (Phi) is 8.11. The summed E-state index contributed by atoms with van der Waals surface area (Å²) in [6.45, 7) is 6.99. The first-order valence-electron chi connectivity index (χ1n) is 8.52. The first kappa shape index (κ1) is 20.7. The summed E-state index contributed by atoms with van der Waals surface area (Å²) >= 11 is 0. The molecule has 0 aliphatic heterocycles. The van der Waals surface area contributed by atoms with Crippen molar-refractivity contribution in [1.29, 1.82) is 5.41 Å². The molecule has 0 aromatic heterocycles. The molecule has 0 heterocycles. The van der Waals surface area contributed by atoms with Gasteiger partial charge >= 0.3 is 6.09 Å². The third-order valence-corrected chi connectivity index (χ3v) is 3.31. The van der Waals surface area contributed by atoms with Gasteiger partial charge in [-0.3, -0.25) is 4.79 Å². The Morgan fingerprint density at radius 2 is 1.84 bits per heavy atom. The van der Waals surface area contributed by atoms with Crippen LogP contribution in [0.2, 0.25) is 0 Å². The van der Waals surface area contributed by atoms with E-state index in [1.807, 2.05) is 37.3 Å². The molecular formula is C19H29N3O3. The molecule has 0 aliphatic rings. The van der Waals surface area contributed by atoms with E-state index >= 15 is 0 Å². The average Bonchev–Trinajstić information content (AvgIpc) is 2.50. The van der Waals surface area contributed by atoms with Crippen LogP contribution in [0.25, 0.3) is 0 Å². The molecule has 25 heavy (non-hydrogen) atoms. The van der Waals surface area contributed by atoms with Gasteiger partial charge in [0.1, 0.15) is 12.1 Å². The van der Waals surface area contributed by atoms with Gasteiger partial charge in [-0.25, -0.2) is 4.79 Å². The number of hydrogen-bond acceptors (Lipinski definition) is 4. The molecule has 0 saturated carbocycles. The van der Waals surface area contributed by atoms with E-state index in [1.165, 1.54) is 5.56 Å². The molecule has 1 atom stereocenters. The third kappa shape index (κ3) is 10.2. The molecule has 0 fully saturated rings. The van der Waals surface area contributed by atoms with Gasteiger partial charge in [-0.15, -0.1) is 0 Å². The van der Waals surface area contributed by atoms with Crippen molar-refractivity contribution in [1.82, 2.24) is 10.6 Å². The molecule has 0 spiro atoms. The fourth-order valence-electron chi connectivity index (χ4n) is 2.26. The smallest absolute Gasteiger partial charge is 0.408 e. The Hall–Kier alpha value is -2.37. The summed E-state index contributed by atoms with van der Waals surface area (Å²) in [5.41, 5.74) is 1.20. The number of nitrogens with one attached hydrogen (secondary N) is 3. The zero-order valence-electron chi connectivity index (χ0n) is 15.5. The summed E-state index contributed by atoms with van der Waals surface area (Å²) in [6.07, 6.45) is 1.36. The van der Waals surface area contributed by atoms with Crippen LogP contribution >= 0.6 is 0 Å². The van der Waals surface area contributed by atoms with Gasteiger partial charge in [0.2, 0.25) is 5.91 Å². The van der Waals surface area contributed by atoms with E-state index in [9.17, 15) is 9.59 Å². The molecule has 0 aliphatic carbocycles. The molecule has 1 aromatic rings. The lowest BCUT2D eigenvalue weighted by atomic mass is 10.0. The second kappa shape index (κ2) is 9.81. The lowest BCUT2D eigenvalue weighted by Crippen LogP contribution is -2.43. The summed E-state index contributed by atoms with van der Waals surface area (Å²) in [5.74, 6) is -0.297. The average molecular weight is 347 g/mol. The maximum atomic E-state index is 11.8. The van der Waals surface area contributed by atoms with Crippen molar-refractivity contribution in [2.45, 2.75) is 58.6 Å². The Bertz CT molecular complexity index is 579. The first-order valence-corrected chi connectivity index (χ1v) is 8.52. The van der Waals surface area contributed by atoms with Crippen molar-refractivity contribution in [3.8, 4) is 0 Å². The van der Waals surface area contributed by atoms with Crippen LogP contribution in [0.1, 0.15) is 46.1 Å². The minimum Gasteiger partial charge on any atom is -0.444 e. The van der Waals surface area contributed by atoms with Gasteiger partial charge in [-0.2, -0.15) is 0 Å². The zero-order chi connectivity index (χ0) is 18.9. The Morgan fingerprint density at radius 1 is 1.20 bits per heavy atom. The van der Waals surface area contributed by atoms with Gasteiger partial charge in [0.25, 0.3) is 0 Å². The molecule has 2 amide bonds. The minimum absolute atomic E-state index is 0.142. The van der Waals surface area contributed by atoms with E-state index in [2.05, 4.69) is 10.6 Å². The monoisotopic (exact) mass is 347 g/mol. The first-order chi connectivity index (χ1) is 11.7. The highest BCUT2D eigenvalue weighted by molar-refractivity contribution is 5.85. The number of amides is 2. The van der Waals surface area contributed by atoms with Crippen LogP contribution in [0.5, 0.6) is 0 Å². The van der Waals surface area contributed by atoms with E-state index in [0.717, 1.165) is 6.42 Å². The highest BCUT2D eigenvalue weighted by atomic mass is 16.6. The predicted octanol–water partition coefficient (Wildman–Crippen LogP) is 3.06. The molecule has 6 nitrogen and oxygen atoms in total. The normalized spacial score (nSPS) is 12.2. The van der Waals surface area contributed by atoms with Gasteiger partial charge in [-0.05, 0) is 46.1 Å². The summed E-state index contributed by atoms with van der Waals surface area (Å²) in [7, 11) is 0. The van der Waals surface area contributed by atoms with Gasteiger partial charge in [-0.1, -0.05) is 30.3 Å². The fraction of sp³-hybridized carbons (Fsp3) is 0.526. The lowest BCUT2D eigenvalue weighted by molar-refractivity contribution is -0.120. The topological polar surface area (TPSA) is 91.3 Å². The van der Waals surface area contributed by atoms with Crippen molar-refractivity contribution in [2.24, 2.45) is 0 Å². The van der Waals surface area contributed by atoms with Crippen LogP contribution in [-0.2, 0) is 16.0 Å². The quantitative estimate of drug-likeness (QED) is 0.631. The molecule has 1 rings (SSSR count). The second-order valence-electron chi connectivity index (χ2n) is 7.12. The number of hydrogen-bond donors (Lipinski definition) is 3. The number of carbonyl (C=O) groups is 2. The van der Waals surface area contributed by atoms with E-state index in [4.69, 9.17) is 10.1 Å². The van der Waals surface area contributed by atoms with Gasteiger partial charge in [0.05, 0.1) is 0 Å². The summed E-state index contributed by atoms with van der Waals surface area (Å²) in [4.78, 5) is 23.3. The van der Waals surface area contributed by atoms with Crippen LogP contribution in [0.3, 0.4) is 0 Å². The zero-order valence-corrected chi connectivity index (χ0v) is 15.5. The number of rotatable bonds is 8. The van der Waals surface area contributed by atoms with Crippen molar-refractivity contribution >= 4 is 17.7 Å². The predicted molar refractivity (Wildman–Crippen MR) is 98.9 cm³/mol. The van der Waals surface area contributed by atoms with E-state index in [-0.39, 0.29) is 18.5 Å². The number of benzene rings is 1. The summed E-state index contributed by atoms with van der Waals surface area (Å²) < 4.78 is 5.07. The maximum Gasteiger partial charge on any atom is 0.408 e. The van der Waals surface area contributed by atoms with Crippen molar-refractivity contribution in [3.63, 3.8) is 0 Å². The van der Waals surface area contributed by atoms with E-state index in [1.54, 1.807) is 20.8 Å². The number of alkyl carbamates (subject to hydrolysis) is 1. The molecule has 0 saturated heterocycles. The Labute approximate surface area is 149 Å². The van der Waals surface area contributed by atoms with Crippen LogP contribution < -0.4 is 10.6 Å². The number of ether oxygens (including phenoxy) is 1. The van der Waals surface area contributed by atoms with Crippen molar-refractivity contribution in [3.05, 3.63) is 35.9 Å². The van der Waals surface area contributed by atoms with Gasteiger partial charge in [0.15, 0.2) is 0 Å². The molecule has 138 valence electrons. The largest absolute Gasteiger partial charge is 0.444 e. The molecule has 3 N–H and O–H groups in total. The number of carbonyl (C=O) groups excluding carboxylic acids is 2. The van der Waals surface area contributed by atoms with Crippen molar-refractivity contribution in [2.75, 3.05) is 6.54 Å². The molecular weight excluding hydrogens is 318 g/mol. The SMILES string of the molecule is CC(CC(=N)CCc1ccccc1)NC(=O)CNC(=O)OC(C)(C)C. The standard InChI is InChI=1S/C19H29N3O3/c1-14(12-16(20)11-10-15-8-6-5-7-9-15)22-17(23)13-21-18(24)25-19(2,3)4/h5-9,14,20H,10-13H2,1-4H3,(H,21,24)(H,22,23). The Morgan fingerprint density at radius 3 is 2.44 bits per heavy atom. The summed E-state index contributed by atoms with van der Waals surface area (Å²) in [5, 5.41) is 13.2. The van der Waals surface area contributed by atoms with Crippen LogP contribution in [0.4, 0.5) is 4.79 Å². The van der Waals surface area contributed by atoms with Gasteiger partial charge in [0, 0.05) is 18.2 Å². The molecule has 1 unspecified atom stereocenters. The second-order valence-corrected chi connectivity index (χ2v) is 7.12. The molecule has 0 bridgehead atoms. The lowest BCUT2D eigenvalue weighted by Gasteiger charge is -2.20. The summed E-state index contributed by atoms with van der Waals surface area (Å²) in [6, 6.07) is 9.87. The van der Waals surface area contributed by atoms with Crippen LogP contribution in [0, 0.1) is 5.41 Å². The van der Waals surface area contributed by atoms with E-state index in [0.29, 0.717) is 18.6 Å². The van der Waals surface area contributed by atoms with Gasteiger partial charge < -0.3 is 20.8 Å². The number of aryl methyl sites for hydroxylation is 1. The van der Waals surface area contributed by atoms with Crippen LogP contribution in [0.15, 0.2) is 30.3 Å². The van der Waals surface area contributed by atoms with E-state index < -0.39 is 11.7 Å². The minimum atomic E-state index is -0.620. The highest BCUT2D eigenvalue weighted by Crippen LogP contribution is 2.07. The van der Waals surface area contributed by atoms with Crippen LogP contribution in [-0.4, -0.2) is 35.9 Å². The fourth-order valence-corrected chi connectivity index (χ4v) is 2.26.